The number of aliphatic carboxylic acids is 1. The summed E-state index contributed by atoms with van der Waals surface area (Å²) in [6.45, 7) is 5.55. The lowest BCUT2D eigenvalue weighted by atomic mass is 10.0. The van der Waals surface area contributed by atoms with Gasteiger partial charge in [-0.1, -0.05) is 13.8 Å². The molecule has 0 aliphatic rings. The van der Waals surface area contributed by atoms with Crippen molar-refractivity contribution in [2.24, 2.45) is 5.92 Å². The van der Waals surface area contributed by atoms with Crippen LogP contribution >= 0.6 is 11.3 Å². The van der Waals surface area contributed by atoms with Crippen LogP contribution in [0.5, 0.6) is 0 Å². The van der Waals surface area contributed by atoms with Crippen LogP contribution in [-0.2, 0) is 16.1 Å². The second-order valence-corrected chi connectivity index (χ2v) is 5.57. The van der Waals surface area contributed by atoms with Crippen LogP contribution in [-0.4, -0.2) is 35.1 Å². The summed E-state index contributed by atoms with van der Waals surface area (Å²) < 4.78 is 4.96. The van der Waals surface area contributed by atoms with E-state index in [4.69, 9.17) is 9.84 Å². The van der Waals surface area contributed by atoms with Gasteiger partial charge < -0.3 is 15.2 Å². The van der Waals surface area contributed by atoms with Crippen molar-refractivity contribution in [3.8, 4) is 0 Å². The van der Waals surface area contributed by atoms with Crippen molar-refractivity contribution < 1.29 is 19.4 Å². The van der Waals surface area contributed by atoms with Crippen molar-refractivity contribution in [2.75, 3.05) is 7.11 Å². The lowest BCUT2D eigenvalue weighted by molar-refractivity contribution is -0.140. The number of carboxylic acid groups (broad SMARTS) is 1. The highest BCUT2D eigenvalue weighted by Gasteiger charge is 2.25. The Labute approximate surface area is 115 Å². The van der Waals surface area contributed by atoms with Crippen molar-refractivity contribution in [2.45, 2.75) is 33.4 Å². The highest BCUT2D eigenvalue weighted by molar-refractivity contribution is 7.13. The maximum atomic E-state index is 12.1. The SMILES string of the molecule is COCc1nc(C)c(C(=O)N[C@H](C(=O)O)C(C)C)s1. The third-order valence-corrected chi connectivity index (χ3v) is 3.66. The van der Waals surface area contributed by atoms with E-state index >= 15 is 0 Å². The number of carbonyl (C=O) groups is 2. The first kappa shape index (κ1) is 15.6. The van der Waals surface area contributed by atoms with Crippen LogP contribution in [0.3, 0.4) is 0 Å². The maximum absolute atomic E-state index is 12.1. The summed E-state index contributed by atoms with van der Waals surface area (Å²) in [5.74, 6) is -1.63. The molecule has 1 atom stereocenters. The van der Waals surface area contributed by atoms with Gasteiger partial charge in [-0.05, 0) is 12.8 Å². The quantitative estimate of drug-likeness (QED) is 0.826. The van der Waals surface area contributed by atoms with Crippen LogP contribution in [0, 0.1) is 12.8 Å². The molecule has 1 rings (SSSR count). The van der Waals surface area contributed by atoms with Gasteiger partial charge in [0.1, 0.15) is 15.9 Å². The van der Waals surface area contributed by atoms with Gasteiger partial charge in [-0.15, -0.1) is 11.3 Å². The molecule has 0 radical (unpaired) electrons. The second-order valence-electron chi connectivity index (χ2n) is 4.49. The number of thiazole rings is 1. The molecule has 106 valence electrons. The van der Waals surface area contributed by atoms with E-state index in [9.17, 15) is 9.59 Å². The minimum Gasteiger partial charge on any atom is -0.480 e. The molecule has 0 aromatic carbocycles. The average molecular weight is 286 g/mol. The van der Waals surface area contributed by atoms with Crippen molar-refractivity contribution in [3.05, 3.63) is 15.6 Å². The molecule has 19 heavy (non-hydrogen) atoms. The first-order valence-corrected chi connectivity index (χ1v) is 6.67. The smallest absolute Gasteiger partial charge is 0.326 e. The van der Waals surface area contributed by atoms with Crippen LogP contribution in [0.4, 0.5) is 0 Å². The molecule has 2 N–H and O–H groups in total. The molecule has 7 heteroatoms. The fourth-order valence-corrected chi connectivity index (χ4v) is 2.51. The Morgan fingerprint density at radius 3 is 2.58 bits per heavy atom. The Hall–Kier alpha value is -1.47. The zero-order valence-corrected chi connectivity index (χ0v) is 12.2. The number of amides is 1. The zero-order valence-electron chi connectivity index (χ0n) is 11.4. The van der Waals surface area contributed by atoms with E-state index in [0.717, 1.165) is 0 Å². The number of carbonyl (C=O) groups excluding carboxylic acids is 1. The highest BCUT2D eigenvalue weighted by atomic mass is 32.1. The number of hydrogen-bond donors (Lipinski definition) is 2. The number of methoxy groups -OCH3 is 1. The lowest BCUT2D eigenvalue weighted by Gasteiger charge is -2.17. The number of rotatable bonds is 6. The summed E-state index contributed by atoms with van der Waals surface area (Å²) >= 11 is 1.22. The molecule has 1 heterocycles. The van der Waals surface area contributed by atoms with Gasteiger partial charge in [0.2, 0.25) is 0 Å². The molecule has 0 aliphatic carbocycles. The first-order valence-electron chi connectivity index (χ1n) is 5.85. The number of aromatic nitrogens is 1. The molecule has 0 fully saturated rings. The van der Waals surface area contributed by atoms with Gasteiger partial charge in [0.05, 0.1) is 12.3 Å². The van der Waals surface area contributed by atoms with Gasteiger partial charge in [-0.2, -0.15) is 0 Å². The molecule has 1 amide bonds. The van der Waals surface area contributed by atoms with E-state index in [1.165, 1.54) is 11.3 Å². The van der Waals surface area contributed by atoms with Crippen molar-refractivity contribution in [1.29, 1.82) is 0 Å². The van der Waals surface area contributed by atoms with Crippen LogP contribution < -0.4 is 5.32 Å². The molecule has 0 unspecified atom stereocenters. The Balaban J connectivity index is 2.85. The molecule has 1 aromatic heterocycles. The number of nitrogens with one attached hydrogen (secondary N) is 1. The van der Waals surface area contributed by atoms with Crippen molar-refractivity contribution >= 4 is 23.2 Å². The highest BCUT2D eigenvalue weighted by Crippen LogP contribution is 2.19. The summed E-state index contributed by atoms with van der Waals surface area (Å²) in [6, 6.07) is -0.903. The zero-order chi connectivity index (χ0) is 14.6. The molecule has 0 aliphatic heterocycles. The van der Waals surface area contributed by atoms with Crippen LogP contribution in [0.15, 0.2) is 0 Å². The second kappa shape index (κ2) is 6.63. The maximum Gasteiger partial charge on any atom is 0.326 e. The normalized spacial score (nSPS) is 12.5. The molecule has 0 saturated heterocycles. The van der Waals surface area contributed by atoms with E-state index in [-0.39, 0.29) is 5.92 Å². The van der Waals surface area contributed by atoms with Gasteiger partial charge in [0.25, 0.3) is 5.91 Å². The summed E-state index contributed by atoms with van der Waals surface area (Å²) in [7, 11) is 1.55. The fourth-order valence-electron chi connectivity index (χ4n) is 1.57. The minimum absolute atomic E-state index is 0.187. The molecule has 1 aromatic rings. The number of nitrogens with zero attached hydrogens (tertiary/aromatic N) is 1. The molecular weight excluding hydrogens is 268 g/mol. The third-order valence-electron chi connectivity index (χ3n) is 2.53. The van der Waals surface area contributed by atoms with Gasteiger partial charge >= 0.3 is 5.97 Å². The van der Waals surface area contributed by atoms with E-state index in [2.05, 4.69) is 10.3 Å². The summed E-state index contributed by atoms with van der Waals surface area (Å²) in [5, 5.41) is 12.3. The third kappa shape index (κ3) is 4.00. The average Bonchev–Trinajstić information content (AvgIpc) is 2.66. The molecule has 0 spiro atoms. The Morgan fingerprint density at radius 2 is 2.11 bits per heavy atom. The van der Waals surface area contributed by atoms with E-state index < -0.39 is 17.9 Å². The number of hydrogen-bond acceptors (Lipinski definition) is 5. The first-order chi connectivity index (χ1) is 8.86. The van der Waals surface area contributed by atoms with Crippen molar-refractivity contribution in [1.82, 2.24) is 10.3 Å². The topological polar surface area (TPSA) is 88.5 Å². The van der Waals surface area contributed by atoms with Crippen LogP contribution in [0.2, 0.25) is 0 Å². The molecule has 6 nitrogen and oxygen atoms in total. The Kier molecular flexibility index (Phi) is 5.44. The summed E-state index contributed by atoms with van der Waals surface area (Å²) in [4.78, 5) is 27.7. The van der Waals surface area contributed by atoms with Gasteiger partial charge in [0.15, 0.2) is 0 Å². The number of aryl methyl sites for hydroxylation is 1. The van der Waals surface area contributed by atoms with Crippen molar-refractivity contribution in [3.63, 3.8) is 0 Å². The van der Waals surface area contributed by atoms with Crippen LogP contribution in [0.25, 0.3) is 0 Å². The van der Waals surface area contributed by atoms with Gasteiger partial charge in [-0.3, -0.25) is 4.79 Å². The minimum atomic E-state index is -1.04. The monoisotopic (exact) mass is 286 g/mol. The van der Waals surface area contributed by atoms with Crippen LogP contribution in [0.1, 0.15) is 34.2 Å². The summed E-state index contributed by atoms with van der Waals surface area (Å²) in [5.41, 5.74) is 0.586. The number of ether oxygens (including phenoxy) is 1. The Morgan fingerprint density at radius 1 is 1.47 bits per heavy atom. The number of carboxylic acids is 1. The largest absolute Gasteiger partial charge is 0.480 e. The summed E-state index contributed by atoms with van der Waals surface area (Å²) in [6.07, 6.45) is 0. The lowest BCUT2D eigenvalue weighted by Crippen LogP contribution is -2.44. The predicted octanol–water partition coefficient (Wildman–Crippen LogP) is 1.44. The molecule has 0 saturated carbocycles. The fraction of sp³-hybridized carbons (Fsp3) is 0.583. The van der Waals surface area contributed by atoms with E-state index in [1.807, 2.05) is 0 Å². The molecule has 0 bridgehead atoms. The van der Waals surface area contributed by atoms with Gasteiger partial charge in [-0.25, -0.2) is 9.78 Å². The Bertz CT molecular complexity index is 470. The standard InChI is InChI=1S/C12H18N2O4S/c1-6(2)9(12(16)17)14-11(15)10-7(3)13-8(19-10)5-18-4/h6,9H,5H2,1-4H3,(H,14,15)(H,16,17)/t9-/m0/s1. The van der Waals surface area contributed by atoms with E-state index in [0.29, 0.717) is 22.2 Å². The predicted molar refractivity (Wildman–Crippen MR) is 71.3 cm³/mol. The van der Waals surface area contributed by atoms with Gasteiger partial charge in [0, 0.05) is 7.11 Å². The molecular formula is C12H18N2O4S. The van der Waals surface area contributed by atoms with E-state index in [1.54, 1.807) is 27.9 Å².